The molecule has 0 radical (unpaired) electrons. The van der Waals surface area contributed by atoms with Crippen molar-refractivity contribution in [2.24, 2.45) is 0 Å². The first-order chi connectivity index (χ1) is 15.6. The van der Waals surface area contributed by atoms with Gasteiger partial charge in [-0.05, 0) is 23.8 Å². The van der Waals surface area contributed by atoms with Crippen molar-refractivity contribution >= 4 is 22.9 Å². The van der Waals surface area contributed by atoms with Crippen molar-refractivity contribution in [1.82, 2.24) is 9.88 Å². The number of methoxy groups -OCH3 is 2. The zero-order chi connectivity index (χ0) is 22.3. The topological polar surface area (TPSA) is 72.9 Å². The molecule has 0 atom stereocenters. The molecule has 1 aromatic heterocycles. The fourth-order valence-electron chi connectivity index (χ4n) is 3.60. The highest BCUT2D eigenvalue weighted by molar-refractivity contribution is 7.13. The highest BCUT2D eigenvalue weighted by Gasteiger charge is 2.14. The Hall–Kier alpha value is -2.94. The first-order valence-electron chi connectivity index (χ1n) is 10.5. The largest absolute Gasteiger partial charge is 0.497 e. The molecule has 4 rings (SSSR count). The number of carbonyl (C=O) groups excluding carboxylic acids is 1. The summed E-state index contributed by atoms with van der Waals surface area (Å²) in [6.07, 6.45) is 0.194. The third-order valence-electron chi connectivity index (χ3n) is 5.26. The lowest BCUT2D eigenvalue weighted by atomic mass is 10.1. The van der Waals surface area contributed by atoms with Crippen molar-refractivity contribution in [1.29, 1.82) is 0 Å². The Morgan fingerprint density at radius 3 is 2.78 bits per heavy atom. The van der Waals surface area contributed by atoms with Crippen LogP contribution in [-0.4, -0.2) is 56.3 Å². The van der Waals surface area contributed by atoms with Crippen LogP contribution in [0, 0.1) is 0 Å². The summed E-state index contributed by atoms with van der Waals surface area (Å²) in [7, 11) is 3.15. The standard InChI is InChI=1S/C24H27N3O4S/c1-29-20-6-7-21(22(14-20)30-2)26-23(28)13-19-16-32-24(25-19)18-5-3-4-17(12-18)15-27-8-10-31-11-9-27/h3-7,12,14,16H,8-11,13,15H2,1-2H3,(H,26,28). The summed E-state index contributed by atoms with van der Waals surface area (Å²) in [5, 5.41) is 5.75. The maximum atomic E-state index is 12.6. The van der Waals surface area contributed by atoms with Gasteiger partial charge < -0.3 is 19.5 Å². The van der Waals surface area contributed by atoms with E-state index in [1.54, 1.807) is 43.8 Å². The van der Waals surface area contributed by atoms with Gasteiger partial charge in [0.1, 0.15) is 16.5 Å². The minimum Gasteiger partial charge on any atom is -0.497 e. The summed E-state index contributed by atoms with van der Waals surface area (Å²) in [5.41, 5.74) is 3.67. The fraction of sp³-hybridized carbons (Fsp3) is 0.333. The van der Waals surface area contributed by atoms with E-state index in [1.165, 1.54) is 5.56 Å². The second-order valence-electron chi connectivity index (χ2n) is 7.52. The molecule has 7 nitrogen and oxygen atoms in total. The summed E-state index contributed by atoms with van der Waals surface area (Å²) in [5.74, 6) is 1.07. The molecule has 2 heterocycles. The van der Waals surface area contributed by atoms with Crippen LogP contribution in [0.3, 0.4) is 0 Å². The molecule has 1 fully saturated rings. The average Bonchev–Trinajstić information content (AvgIpc) is 3.28. The highest BCUT2D eigenvalue weighted by Crippen LogP contribution is 2.29. The lowest BCUT2D eigenvalue weighted by molar-refractivity contribution is -0.115. The third-order valence-corrected chi connectivity index (χ3v) is 6.20. The molecule has 1 aliphatic rings. The van der Waals surface area contributed by atoms with E-state index in [0.717, 1.165) is 49.1 Å². The Bertz CT molecular complexity index is 1060. The van der Waals surface area contributed by atoms with E-state index >= 15 is 0 Å². The van der Waals surface area contributed by atoms with Crippen molar-refractivity contribution in [2.45, 2.75) is 13.0 Å². The normalized spacial score (nSPS) is 14.2. The van der Waals surface area contributed by atoms with Crippen LogP contribution in [0.5, 0.6) is 11.5 Å². The number of hydrogen-bond acceptors (Lipinski definition) is 7. The van der Waals surface area contributed by atoms with E-state index in [1.807, 2.05) is 5.38 Å². The molecule has 1 saturated heterocycles. The zero-order valence-corrected chi connectivity index (χ0v) is 19.1. The summed E-state index contributed by atoms with van der Waals surface area (Å²) in [4.78, 5) is 19.7. The van der Waals surface area contributed by atoms with Crippen molar-refractivity contribution in [2.75, 3.05) is 45.8 Å². The molecule has 1 amide bonds. The van der Waals surface area contributed by atoms with Crippen molar-refractivity contribution in [3.8, 4) is 22.1 Å². The van der Waals surface area contributed by atoms with E-state index in [9.17, 15) is 4.79 Å². The summed E-state index contributed by atoms with van der Waals surface area (Å²) in [6.45, 7) is 4.40. The maximum Gasteiger partial charge on any atom is 0.230 e. The Balaban J connectivity index is 1.39. The molecule has 0 bridgehead atoms. The van der Waals surface area contributed by atoms with Gasteiger partial charge in [0.25, 0.3) is 0 Å². The molecule has 0 saturated carbocycles. The van der Waals surface area contributed by atoms with Gasteiger partial charge in [0, 0.05) is 36.6 Å². The third kappa shape index (κ3) is 5.64. The van der Waals surface area contributed by atoms with Gasteiger partial charge in [0.05, 0.1) is 45.2 Å². The van der Waals surface area contributed by atoms with E-state index in [4.69, 9.17) is 19.2 Å². The van der Waals surface area contributed by atoms with Gasteiger partial charge >= 0.3 is 0 Å². The van der Waals surface area contributed by atoms with Gasteiger partial charge in [-0.3, -0.25) is 9.69 Å². The minimum atomic E-state index is -0.147. The number of aromatic nitrogens is 1. The van der Waals surface area contributed by atoms with E-state index in [0.29, 0.717) is 17.2 Å². The minimum absolute atomic E-state index is 0.147. The van der Waals surface area contributed by atoms with Gasteiger partial charge in [0.2, 0.25) is 5.91 Å². The number of morpholine rings is 1. The number of amides is 1. The van der Waals surface area contributed by atoms with Crippen LogP contribution in [0.4, 0.5) is 5.69 Å². The van der Waals surface area contributed by atoms with Crippen molar-refractivity contribution in [3.63, 3.8) is 0 Å². The molecule has 8 heteroatoms. The number of hydrogen-bond donors (Lipinski definition) is 1. The summed E-state index contributed by atoms with van der Waals surface area (Å²) in [6, 6.07) is 13.7. The van der Waals surface area contributed by atoms with Gasteiger partial charge in [-0.15, -0.1) is 11.3 Å². The van der Waals surface area contributed by atoms with Crippen LogP contribution >= 0.6 is 11.3 Å². The number of rotatable bonds is 8. The molecule has 2 aromatic carbocycles. The Kier molecular flexibility index (Phi) is 7.36. The molecular formula is C24H27N3O4S. The van der Waals surface area contributed by atoms with Crippen LogP contribution in [0.25, 0.3) is 10.6 Å². The Labute approximate surface area is 191 Å². The molecule has 0 unspecified atom stereocenters. The first kappa shape index (κ1) is 22.3. The van der Waals surface area contributed by atoms with Gasteiger partial charge in [0.15, 0.2) is 0 Å². The van der Waals surface area contributed by atoms with Gasteiger partial charge in [-0.1, -0.05) is 18.2 Å². The summed E-state index contributed by atoms with van der Waals surface area (Å²) < 4.78 is 16.0. The van der Waals surface area contributed by atoms with Crippen LogP contribution < -0.4 is 14.8 Å². The van der Waals surface area contributed by atoms with Crippen LogP contribution in [0.1, 0.15) is 11.3 Å². The molecule has 3 aromatic rings. The van der Waals surface area contributed by atoms with Crippen LogP contribution in [0.15, 0.2) is 47.8 Å². The van der Waals surface area contributed by atoms with E-state index in [-0.39, 0.29) is 12.3 Å². The molecule has 0 spiro atoms. The molecule has 32 heavy (non-hydrogen) atoms. The molecule has 168 valence electrons. The molecule has 1 aliphatic heterocycles. The molecule has 0 aliphatic carbocycles. The maximum absolute atomic E-state index is 12.6. The monoisotopic (exact) mass is 453 g/mol. The van der Waals surface area contributed by atoms with Crippen molar-refractivity contribution in [3.05, 3.63) is 59.1 Å². The lowest BCUT2D eigenvalue weighted by Gasteiger charge is -2.26. The quantitative estimate of drug-likeness (QED) is 0.559. The van der Waals surface area contributed by atoms with Crippen LogP contribution in [-0.2, 0) is 22.5 Å². The van der Waals surface area contributed by atoms with E-state index < -0.39 is 0 Å². The van der Waals surface area contributed by atoms with Crippen LogP contribution in [0.2, 0.25) is 0 Å². The van der Waals surface area contributed by atoms with E-state index in [2.05, 4.69) is 34.5 Å². The summed E-state index contributed by atoms with van der Waals surface area (Å²) >= 11 is 1.55. The zero-order valence-electron chi connectivity index (χ0n) is 18.3. The number of anilines is 1. The second-order valence-corrected chi connectivity index (χ2v) is 8.38. The Morgan fingerprint density at radius 2 is 2.00 bits per heavy atom. The number of thiazole rings is 1. The molecule has 1 N–H and O–H groups in total. The highest BCUT2D eigenvalue weighted by atomic mass is 32.1. The SMILES string of the molecule is COc1ccc(NC(=O)Cc2csc(-c3cccc(CN4CCOCC4)c3)n2)c(OC)c1. The predicted octanol–water partition coefficient (Wildman–Crippen LogP) is 3.84. The number of carbonyl (C=O) groups is 1. The number of benzene rings is 2. The number of nitrogens with one attached hydrogen (secondary N) is 1. The van der Waals surface area contributed by atoms with Gasteiger partial charge in [-0.25, -0.2) is 4.98 Å². The second kappa shape index (κ2) is 10.6. The predicted molar refractivity (Wildman–Crippen MR) is 126 cm³/mol. The number of ether oxygens (including phenoxy) is 3. The van der Waals surface area contributed by atoms with Crippen molar-refractivity contribution < 1.29 is 19.0 Å². The lowest BCUT2D eigenvalue weighted by Crippen LogP contribution is -2.35. The first-order valence-corrected chi connectivity index (χ1v) is 11.4. The Morgan fingerprint density at radius 1 is 1.16 bits per heavy atom. The smallest absolute Gasteiger partial charge is 0.230 e. The average molecular weight is 454 g/mol. The molecular weight excluding hydrogens is 426 g/mol. The fourth-order valence-corrected chi connectivity index (χ4v) is 4.42. The van der Waals surface area contributed by atoms with Gasteiger partial charge in [-0.2, -0.15) is 0 Å². The number of nitrogens with zero attached hydrogens (tertiary/aromatic N) is 2.